The molecule has 1 fully saturated rings. The first-order valence-electron chi connectivity index (χ1n) is 12.7. The van der Waals surface area contributed by atoms with Crippen molar-refractivity contribution >= 4 is 22.7 Å². The predicted octanol–water partition coefficient (Wildman–Crippen LogP) is 3.65. The van der Waals surface area contributed by atoms with Crippen molar-refractivity contribution in [3.05, 3.63) is 82.4 Å². The molecule has 1 aliphatic carbocycles. The summed E-state index contributed by atoms with van der Waals surface area (Å²) in [5.41, 5.74) is 3.21. The van der Waals surface area contributed by atoms with E-state index in [0.717, 1.165) is 31.2 Å². The molecule has 0 radical (unpaired) electrons. The second-order valence-corrected chi connectivity index (χ2v) is 10.4. The molecule has 9 heteroatoms. The van der Waals surface area contributed by atoms with Crippen LogP contribution in [0.2, 0.25) is 0 Å². The second-order valence-electron chi connectivity index (χ2n) is 10.4. The molecule has 1 saturated carbocycles. The maximum atomic E-state index is 13.2. The topological polar surface area (TPSA) is 101 Å². The Morgan fingerprint density at radius 2 is 2.03 bits per heavy atom. The van der Waals surface area contributed by atoms with Gasteiger partial charge in [-0.15, -0.1) is 6.58 Å². The van der Waals surface area contributed by atoms with Crippen LogP contribution >= 0.6 is 0 Å². The molecule has 1 aromatic carbocycles. The predicted molar refractivity (Wildman–Crippen MR) is 143 cm³/mol. The SMILES string of the molecule is C=CCn1c(=O)c2cnc(Nc3ccc4c(c3)CN(C3CC3)CC4)nc2n1-c1cccc(C(C)(C)O)n1. The van der Waals surface area contributed by atoms with Crippen molar-refractivity contribution in [2.45, 2.75) is 57.8 Å². The Hall–Kier alpha value is -3.82. The van der Waals surface area contributed by atoms with Crippen LogP contribution in [0.25, 0.3) is 16.9 Å². The van der Waals surface area contributed by atoms with Crippen molar-refractivity contribution in [1.82, 2.24) is 29.2 Å². The van der Waals surface area contributed by atoms with Gasteiger partial charge in [0.25, 0.3) is 5.56 Å². The van der Waals surface area contributed by atoms with E-state index in [-0.39, 0.29) is 12.1 Å². The van der Waals surface area contributed by atoms with Gasteiger partial charge in [0.15, 0.2) is 11.5 Å². The van der Waals surface area contributed by atoms with Crippen LogP contribution in [0, 0.1) is 0 Å². The average molecular weight is 498 g/mol. The number of aromatic nitrogens is 5. The van der Waals surface area contributed by atoms with Gasteiger partial charge in [0, 0.05) is 31.0 Å². The minimum absolute atomic E-state index is 0.231. The molecule has 0 spiro atoms. The minimum Gasteiger partial charge on any atom is -0.384 e. The summed E-state index contributed by atoms with van der Waals surface area (Å²) in [6.07, 6.45) is 6.90. The van der Waals surface area contributed by atoms with E-state index in [9.17, 15) is 9.90 Å². The van der Waals surface area contributed by atoms with Gasteiger partial charge in [-0.3, -0.25) is 9.69 Å². The Labute approximate surface area is 215 Å². The van der Waals surface area contributed by atoms with Crippen LogP contribution in [0.15, 0.2) is 60.0 Å². The summed E-state index contributed by atoms with van der Waals surface area (Å²) >= 11 is 0. The van der Waals surface area contributed by atoms with Crippen molar-refractivity contribution in [3.63, 3.8) is 0 Å². The number of hydrogen-bond acceptors (Lipinski definition) is 7. The summed E-state index contributed by atoms with van der Waals surface area (Å²) in [5.74, 6) is 0.873. The molecule has 4 aromatic rings. The first-order chi connectivity index (χ1) is 17.8. The molecule has 4 heterocycles. The van der Waals surface area contributed by atoms with Gasteiger partial charge < -0.3 is 10.4 Å². The summed E-state index contributed by atoms with van der Waals surface area (Å²) in [5, 5.41) is 14.2. The molecule has 1 aliphatic heterocycles. The zero-order valence-electron chi connectivity index (χ0n) is 21.2. The van der Waals surface area contributed by atoms with Gasteiger partial charge in [-0.05, 0) is 68.5 Å². The van der Waals surface area contributed by atoms with Gasteiger partial charge in [-0.2, -0.15) is 4.98 Å². The fraction of sp³-hybridized carbons (Fsp3) is 0.357. The molecule has 9 nitrogen and oxygen atoms in total. The molecule has 2 N–H and O–H groups in total. The number of fused-ring (bicyclic) bond motifs is 2. The van der Waals surface area contributed by atoms with Gasteiger partial charge >= 0.3 is 0 Å². The molecule has 190 valence electrons. The maximum Gasteiger partial charge on any atom is 0.278 e. The number of nitrogens with one attached hydrogen (secondary N) is 1. The number of benzene rings is 1. The highest BCUT2D eigenvalue weighted by Gasteiger charge is 2.31. The van der Waals surface area contributed by atoms with Crippen LogP contribution in [0.4, 0.5) is 11.6 Å². The third-order valence-electron chi connectivity index (χ3n) is 7.12. The van der Waals surface area contributed by atoms with E-state index in [4.69, 9.17) is 4.98 Å². The number of aliphatic hydroxyl groups is 1. The van der Waals surface area contributed by atoms with Gasteiger partial charge in [-0.25, -0.2) is 19.3 Å². The maximum absolute atomic E-state index is 13.2. The molecule has 3 aromatic heterocycles. The lowest BCUT2D eigenvalue weighted by atomic mass is 9.99. The second kappa shape index (κ2) is 8.93. The van der Waals surface area contributed by atoms with E-state index in [2.05, 4.69) is 45.0 Å². The minimum atomic E-state index is -1.13. The Bertz CT molecular complexity index is 1560. The summed E-state index contributed by atoms with van der Waals surface area (Å²) in [4.78, 5) is 29.6. The standard InChI is InChI=1S/C28H31N7O2/c1-4-13-34-26(36)22-16-29-27(32-25(22)35(34)24-7-5-6-23(31-24)28(2,3)37)30-20-9-8-18-12-14-33(21-10-11-21)17-19(18)15-20/h4-9,15-16,21,37H,1,10-14,17H2,2-3H3,(H,29,30,32). The molecular formula is C28H31N7O2. The summed E-state index contributed by atoms with van der Waals surface area (Å²) in [7, 11) is 0. The Balaban J connectivity index is 1.40. The molecule has 6 rings (SSSR count). The monoisotopic (exact) mass is 497 g/mol. The van der Waals surface area contributed by atoms with E-state index in [1.807, 2.05) is 6.07 Å². The van der Waals surface area contributed by atoms with Crippen LogP contribution in [0.5, 0.6) is 0 Å². The molecular weight excluding hydrogens is 466 g/mol. The van der Waals surface area contributed by atoms with E-state index in [1.165, 1.54) is 28.7 Å². The smallest absolute Gasteiger partial charge is 0.278 e. The lowest BCUT2D eigenvalue weighted by molar-refractivity contribution is 0.0738. The van der Waals surface area contributed by atoms with Crippen molar-refractivity contribution in [2.75, 3.05) is 11.9 Å². The quantitative estimate of drug-likeness (QED) is 0.376. The Morgan fingerprint density at radius 1 is 1.19 bits per heavy atom. The molecule has 0 saturated heterocycles. The van der Waals surface area contributed by atoms with Crippen LogP contribution in [0.1, 0.15) is 43.5 Å². The van der Waals surface area contributed by atoms with E-state index in [1.54, 1.807) is 42.9 Å². The number of pyridine rings is 1. The molecule has 0 amide bonds. The summed E-state index contributed by atoms with van der Waals surface area (Å²) in [6.45, 7) is 9.53. The number of anilines is 2. The summed E-state index contributed by atoms with van der Waals surface area (Å²) in [6, 6.07) is 12.5. The van der Waals surface area contributed by atoms with Crippen LogP contribution in [0.3, 0.4) is 0 Å². The fourth-order valence-electron chi connectivity index (χ4n) is 5.03. The van der Waals surface area contributed by atoms with Crippen molar-refractivity contribution < 1.29 is 5.11 Å². The highest BCUT2D eigenvalue weighted by atomic mass is 16.3. The van der Waals surface area contributed by atoms with Gasteiger partial charge in [0.05, 0.1) is 12.2 Å². The summed E-state index contributed by atoms with van der Waals surface area (Å²) < 4.78 is 3.19. The lowest BCUT2D eigenvalue weighted by Gasteiger charge is -2.29. The molecule has 37 heavy (non-hydrogen) atoms. The first-order valence-corrected chi connectivity index (χ1v) is 12.7. The van der Waals surface area contributed by atoms with E-state index < -0.39 is 5.60 Å². The van der Waals surface area contributed by atoms with Gasteiger partial charge in [0.1, 0.15) is 11.0 Å². The fourth-order valence-corrected chi connectivity index (χ4v) is 5.03. The number of nitrogens with zero attached hydrogens (tertiary/aromatic N) is 6. The zero-order valence-corrected chi connectivity index (χ0v) is 21.2. The van der Waals surface area contributed by atoms with E-state index >= 15 is 0 Å². The lowest BCUT2D eigenvalue weighted by Crippen LogP contribution is -2.32. The van der Waals surface area contributed by atoms with Crippen molar-refractivity contribution in [3.8, 4) is 5.82 Å². The molecule has 0 unspecified atom stereocenters. The molecule has 0 bridgehead atoms. The number of hydrogen-bond donors (Lipinski definition) is 2. The Morgan fingerprint density at radius 3 is 2.78 bits per heavy atom. The van der Waals surface area contributed by atoms with Crippen LogP contribution in [-0.4, -0.2) is 46.9 Å². The highest BCUT2D eigenvalue weighted by molar-refractivity contribution is 5.77. The van der Waals surface area contributed by atoms with Crippen LogP contribution < -0.4 is 10.9 Å². The first kappa shape index (κ1) is 23.6. The Kier molecular flexibility index (Phi) is 5.69. The van der Waals surface area contributed by atoms with Crippen LogP contribution in [-0.2, 0) is 25.1 Å². The van der Waals surface area contributed by atoms with Crippen molar-refractivity contribution in [1.29, 1.82) is 0 Å². The largest absolute Gasteiger partial charge is 0.384 e. The average Bonchev–Trinajstić information content (AvgIpc) is 3.69. The highest BCUT2D eigenvalue weighted by Crippen LogP contribution is 2.33. The van der Waals surface area contributed by atoms with Gasteiger partial charge in [-0.1, -0.05) is 18.2 Å². The third-order valence-corrected chi connectivity index (χ3v) is 7.12. The number of allylic oxidation sites excluding steroid dienone is 1. The van der Waals surface area contributed by atoms with Gasteiger partial charge in [0.2, 0.25) is 5.95 Å². The van der Waals surface area contributed by atoms with E-state index in [0.29, 0.717) is 28.5 Å². The molecule has 2 aliphatic rings. The third kappa shape index (κ3) is 4.45. The van der Waals surface area contributed by atoms with Crippen molar-refractivity contribution in [2.24, 2.45) is 0 Å². The molecule has 0 atom stereocenters. The normalized spacial score (nSPS) is 16.1. The number of rotatable bonds is 7. The zero-order chi connectivity index (χ0) is 25.7.